The number of aromatic nitrogens is 2. The SMILES string of the molecule is Cn1cnc2ccc(CBr)cc21. The molecule has 2 rings (SSSR count). The Balaban J connectivity index is 2.71. The smallest absolute Gasteiger partial charge is 0.0955 e. The highest BCUT2D eigenvalue weighted by Crippen LogP contribution is 2.15. The summed E-state index contributed by atoms with van der Waals surface area (Å²) in [5, 5.41) is 0.897. The maximum Gasteiger partial charge on any atom is 0.0955 e. The average Bonchev–Trinajstić information content (AvgIpc) is 2.47. The Labute approximate surface area is 79.3 Å². The van der Waals surface area contributed by atoms with E-state index < -0.39 is 0 Å². The second-order valence-corrected chi connectivity index (χ2v) is 3.37. The molecule has 0 atom stereocenters. The highest BCUT2D eigenvalue weighted by Gasteiger charge is 1.99. The number of benzene rings is 1. The Morgan fingerprint density at radius 1 is 1.50 bits per heavy atom. The molecule has 0 N–H and O–H groups in total. The van der Waals surface area contributed by atoms with Crippen LogP contribution in [0.3, 0.4) is 0 Å². The highest BCUT2D eigenvalue weighted by atomic mass is 79.9. The van der Waals surface area contributed by atoms with Crippen molar-refractivity contribution in [2.75, 3.05) is 0 Å². The molecule has 0 saturated carbocycles. The van der Waals surface area contributed by atoms with Gasteiger partial charge in [0.05, 0.1) is 17.4 Å². The maximum atomic E-state index is 4.24. The zero-order chi connectivity index (χ0) is 8.55. The van der Waals surface area contributed by atoms with Gasteiger partial charge in [-0.15, -0.1) is 0 Å². The number of nitrogens with zero attached hydrogens (tertiary/aromatic N) is 2. The van der Waals surface area contributed by atoms with Crippen molar-refractivity contribution in [1.29, 1.82) is 0 Å². The molecule has 0 radical (unpaired) electrons. The van der Waals surface area contributed by atoms with E-state index in [1.165, 1.54) is 11.1 Å². The summed E-state index contributed by atoms with van der Waals surface area (Å²) in [5.41, 5.74) is 3.53. The Hall–Kier alpha value is -0.830. The Morgan fingerprint density at radius 2 is 2.33 bits per heavy atom. The topological polar surface area (TPSA) is 17.8 Å². The summed E-state index contributed by atoms with van der Waals surface area (Å²) in [7, 11) is 2.01. The van der Waals surface area contributed by atoms with Gasteiger partial charge in [0.25, 0.3) is 0 Å². The molecule has 1 aromatic carbocycles. The van der Waals surface area contributed by atoms with Gasteiger partial charge in [-0.1, -0.05) is 22.0 Å². The van der Waals surface area contributed by atoms with E-state index >= 15 is 0 Å². The van der Waals surface area contributed by atoms with Gasteiger partial charge in [-0.3, -0.25) is 0 Å². The number of aryl methyl sites for hydroxylation is 1. The highest BCUT2D eigenvalue weighted by molar-refractivity contribution is 9.08. The van der Waals surface area contributed by atoms with Crippen molar-refractivity contribution in [1.82, 2.24) is 9.55 Å². The van der Waals surface area contributed by atoms with E-state index in [2.05, 4.69) is 33.0 Å². The third-order valence-corrected chi connectivity index (χ3v) is 2.59. The fourth-order valence-corrected chi connectivity index (χ4v) is 1.60. The first-order valence-electron chi connectivity index (χ1n) is 3.77. The van der Waals surface area contributed by atoms with Crippen LogP contribution in [0.25, 0.3) is 11.0 Å². The van der Waals surface area contributed by atoms with Gasteiger partial charge < -0.3 is 4.57 Å². The predicted molar refractivity (Wildman–Crippen MR) is 53.3 cm³/mol. The molecule has 1 aromatic heterocycles. The molecule has 0 aliphatic rings. The summed E-state index contributed by atoms with van der Waals surface area (Å²) in [6, 6.07) is 6.28. The van der Waals surface area contributed by atoms with Crippen LogP contribution in [0.2, 0.25) is 0 Å². The molecule has 0 fully saturated rings. The number of alkyl halides is 1. The predicted octanol–water partition coefficient (Wildman–Crippen LogP) is 2.47. The van der Waals surface area contributed by atoms with Crippen molar-refractivity contribution in [3.63, 3.8) is 0 Å². The molecule has 1 heterocycles. The largest absolute Gasteiger partial charge is 0.334 e. The monoisotopic (exact) mass is 224 g/mol. The number of hydrogen-bond donors (Lipinski definition) is 0. The number of hydrogen-bond acceptors (Lipinski definition) is 1. The van der Waals surface area contributed by atoms with Crippen LogP contribution in [0.15, 0.2) is 24.5 Å². The molecule has 3 heteroatoms. The zero-order valence-electron chi connectivity index (χ0n) is 6.79. The van der Waals surface area contributed by atoms with Crippen molar-refractivity contribution in [3.05, 3.63) is 30.1 Å². The first-order chi connectivity index (χ1) is 5.81. The second kappa shape index (κ2) is 2.90. The normalized spacial score (nSPS) is 10.8. The van der Waals surface area contributed by atoms with Crippen molar-refractivity contribution in [2.24, 2.45) is 7.05 Å². The molecule has 0 aliphatic heterocycles. The summed E-state index contributed by atoms with van der Waals surface area (Å²) >= 11 is 3.43. The number of imidazole rings is 1. The van der Waals surface area contributed by atoms with E-state index in [0.717, 1.165) is 10.8 Å². The summed E-state index contributed by atoms with van der Waals surface area (Å²) in [6.07, 6.45) is 1.84. The van der Waals surface area contributed by atoms with Gasteiger partial charge in [0.2, 0.25) is 0 Å². The van der Waals surface area contributed by atoms with Crippen molar-refractivity contribution in [3.8, 4) is 0 Å². The van der Waals surface area contributed by atoms with Crippen LogP contribution in [0.5, 0.6) is 0 Å². The van der Waals surface area contributed by atoms with E-state index in [0.29, 0.717) is 0 Å². The van der Waals surface area contributed by atoms with Gasteiger partial charge in [-0.05, 0) is 17.7 Å². The van der Waals surface area contributed by atoms with Crippen molar-refractivity contribution < 1.29 is 0 Å². The molecular weight excluding hydrogens is 216 g/mol. The molecule has 0 aliphatic carbocycles. The minimum Gasteiger partial charge on any atom is -0.334 e. The number of halogens is 1. The minimum atomic E-state index is 0.897. The van der Waals surface area contributed by atoms with E-state index in [1.807, 2.05) is 24.0 Å². The van der Waals surface area contributed by atoms with Gasteiger partial charge in [0.15, 0.2) is 0 Å². The van der Waals surface area contributed by atoms with Gasteiger partial charge >= 0.3 is 0 Å². The van der Waals surface area contributed by atoms with Crippen molar-refractivity contribution >= 4 is 27.0 Å². The first-order valence-corrected chi connectivity index (χ1v) is 4.89. The molecule has 12 heavy (non-hydrogen) atoms. The van der Waals surface area contributed by atoms with Crippen molar-refractivity contribution in [2.45, 2.75) is 5.33 Å². The number of rotatable bonds is 1. The molecule has 0 bridgehead atoms. The summed E-state index contributed by atoms with van der Waals surface area (Å²) in [5.74, 6) is 0. The third kappa shape index (κ3) is 1.14. The van der Waals surface area contributed by atoms with Gasteiger partial charge in [-0.2, -0.15) is 0 Å². The van der Waals surface area contributed by atoms with Gasteiger partial charge in [0, 0.05) is 12.4 Å². The lowest BCUT2D eigenvalue weighted by molar-refractivity contribution is 0.947. The van der Waals surface area contributed by atoms with Crippen LogP contribution < -0.4 is 0 Å². The van der Waals surface area contributed by atoms with Crippen LogP contribution in [0.4, 0.5) is 0 Å². The third-order valence-electron chi connectivity index (χ3n) is 1.94. The maximum absolute atomic E-state index is 4.24. The molecule has 62 valence electrons. The first kappa shape index (κ1) is 7.80. The number of fused-ring (bicyclic) bond motifs is 1. The molecule has 0 unspecified atom stereocenters. The molecule has 2 aromatic rings. The van der Waals surface area contributed by atoms with Crippen LogP contribution in [0.1, 0.15) is 5.56 Å². The summed E-state index contributed by atoms with van der Waals surface area (Å²) in [4.78, 5) is 4.24. The van der Waals surface area contributed by atoms with Crippen LogP contribution in [-0.2, 0) is 12.4 Å². The fourth-order valence-electron chi connectivity index (χ4n) is 1.25. The van der Waals surface area contributed by atoms with E-state index in [4.69, 9.17) is 0 Å². The quantitative estimate of drug-likeness (QED) is 0.681. The van der Waals surface area contributed by atoms with E-state index in [-0.39, 0.29) is 0 Å². The van der Waals surface area contributed by atoms with Crippen LogP contribution >= 0.6 is 15.9 Å². The van der Waals surface area contributed by atoms with Crippen LogP contribution in [-0.4, -0.2) is 9.55 Å². The molecule has 2 nitrogen and oxygen atoms in total. The minimum absolute atomic E-state index is 0.897. The second-order valence-electron chi connectivity index (χ2n) is 2.81. The Bertz CT molecular complexity index is 406. The summed E-state index contributed by atoms with van der Waals surface area (Å²) < 4.78 is 2.03. The standard InChI is InChI=1S/C9H9BrN2/c1-12-6-11-8-3-2-7(5-10)4-9(8)12/h2-4,6H,5H2,1H3. The lowest BCUT2D eigenvalue weighted by Crippen LogP contribution is -1.84. The Kier molecular flexibility index (Phi) is 1.89. The lowest BCUT2D eigenvalue weighted by atomic mass is 10.2. The van der Waals surface area contributed by atoms with Gasteiger partial charge in [-0.25, -0.2) is 4.98 Å². The molecule has 0 spiro atoms. The van der Waals surface area contributed by atoms with Gasteiger partial charge in [0.1, 0.15) is 0 Å². The fraction of sp³-hybridized carbons (Fsp3) is 0.222. The molecular formula is C9H9BrN2. The average molecular weight is 225 g/mol. The zero-order valence-corrected chi connectivity index (χ0v) is 8.37. The lowest BCUT2D eigenvalue weighted by Gasteiger charge is -1.96. The van der Waals surface area contributed by atoms with Crippen LogP contribution in [0, 0.1) is 0 Å². The van der Waals surface area contributed by atoms with E-state index in [9.17, 15) is 0 Å². The Morgan fingerprint density at radius 3 is 3.08 bits per heavy atom. The molecule has 0 saturated heterocycles. The summed E-state index contributed by atoms with van der Waals surface area (Å²) in [6.45, 7) is 0. The molecule has 0 amide bonds. The van der Waals surface area contributed by atoms with E-state index in [1.54, 1.807) is 0 Å².